The first-order valence-electron chi connectivity index (χ1n) is 5.69. The minimum absolute atomic E-state index is 0.250. The SMILES string of the molecule is Cc1nn(Cc2cc(F)cc(Br)c2)c(C)c1CN. The van der Waals surface area contributed by atoms with Crippen LogP contribution in [0.25, 0.3) is 0 Å². The lowest BCUT2D eigenvalue weighted by Gasteiger charge is -2.06. The van der Waals surface area contributed by atoms with E-state index < -0.39 is 0 Å². The average molecular weight is 312 g/mol. The number of nitrogens with zero attached hydrogens (tertiary/aromatic N) is 2. The van der Waals surface area contributed by atoms with Gasteiger partial charge in [-0.3, -0.25) is 4.68 Å². The van der Waals surface area contributed by atoms with Gasteiger partial charge in [0.15, 0.2) is 0 Å². The van der Waals surface area contributed by atoms with Crippen molar-refractivity contribution in [1.29, 1.82) is 0 Å². The summed E-state index contributed by atoms with van der Waals surface area (Å²) in [5.74, 6) is -0.250. The van der Waals surface area contributed by atoms with Crippen LogP contribution in [0.2, 0.25) is 0 Å². The largest absolute Gasteiger partial charge is 0.326 e. The Morgan fingerprint density at radius 2 is 2.06 bits per heavy atom. The highest BCUT2D eigenvalue weighted by Crippen LogP contribution is 2.18. The van der Waals surface area contributed by atoms with Crippen LogP contribution in [0.15, 0.2) is 22.7 Å². The molecule has 2 N–H and O–H groups in total. The number of nitrogens with two attached hydrogens (primary N) is 1. The molecule has 0 amide bonds. The first kappa shape index (κ1) is 13.2. The third-order valence-corrected chi connectivity index (χ3v) is 3.45. The number of rotatable bonds is 3. The van der Waals surface area contributed by atoms with E-state index in [0.717, 1.165) is 27.0 Å². The molecule has 5 heteroatoms. The van der Waals surface area contributed by atoms with Crippen molar-refractivity contribution in [2.75, 3.05) is 0 Å². The van der Waals surface area contributed by atoms with Crippen molar-refractivity contribution < 1.29 is 4.39 Å². The van der Waals surface area contributed by atoms with Crippen LogP contribution < -0.4 is 5.73 Å². The maximum atomic E-state index is 13.3. The van der Waals surface area contributed by atoms with E-state index in [1.165, 1.54) is 12.1 Å². The smallest absolute Gasteiger partial charge is 0.124 e. The molecule has 0 saturated heterocycles. The Morgan fingerprint density at radius 1 is 1.33 bits per heavy atom. The minimum Gasteiger partial charge on any atom is -0.326 e. The van der Waals surface area contributed by atoms with Crippen molar-refractivity contribution in [2.24, 2.45) is 5.73 Å². The molecule has 0 radical (unpaired) electrons. The Kier molecular flexibility index (Phi) is 3.82. The van der Waals surface area contributed by atoms with Crippen LogP contribution in [0.1, 0.15) is 22.5 Å². The Balaban J connectivity index is 2.34. The Hall–Kier alpha value is -1.20. The number of hydrogen-bond donors (Lipinski definition) is 1. The highest BCUT2D eigenvalue weighted by Gasteiger charge is 2.10. The molecule has 0 bridgehead atoms. The highest BCUT2D eigenvalue weighted by atomic mass is 79.9. The number of aryl methyl sites for hydroxylation is 1. The maximum Gasteiger partial charge on any atom is 0.124 e. The maximum absolute atomic E-state index is 13.3. The number of halogens is 2. The molecule has 0 unspecified atom stereocenters. The number of benzene rings is 1. The monoisotopic (exact) mass is 311 g/mol. The van der Waals surface area contributed by atoms with Crippen molar-refractivity contribution in [3.63, 3.8) is 0 Å². The van der Waals surface area contributed by atoms with Gasteiger partial charge < -0.3 is 5.73 Å². The van der Waals surface area contributed by atoms with E-state index in [4.69, 9.17) is 5.73 Å². The molecule has 0 aliphatic rings. The summed E-state index contributed by atoms with van der Waals surface area (Å²) in [6.45, 7) is 4.94. The van der Waals surface area contributed by atoms with E-state index in [9.17, 15) is 4.39 Å². The molecule has 1 aromatic carbocycles. The van der Waals surface area contributed by atoms with E-state index in [1.54, 1.807) is 0 Å². The van der Waals surface area contributed by atoms with Crippen molar-refractivity contribution in [3.8, 4) is 0 Å². The van der Waals surface area contributed by atoms with Gasteiger partial charge in [0.05, 0.1) is 12.2 Å². The van der Waals surface area contributed by atoms with Crippen LogP contribution in [0, 0.1) is 19.7 Å². The molecule has 0 atom stereocenters. The fourth-order valence-corrected chi connectivity index (χ4v) is 2.57. The van der Waals surface area contributed by atoms with Gasteiger partial charge >= 0.3 is 0 Å². The summed E-state index contributed by atoms with van der Waals surface area (Å²) in [7, 11) is 0. The lowest BCUT2D eigenvalue weighted by molar-refractivity contribution is 0.614. The molecule has 96 valence electrons. The van der Waals surface area contributed by atoms with E-state index in [2.05, 4.69) is 21.0 Å². The molecule has 2 aromatic rings. The molecule has 0 aliphatic carbocycles. The van der Waals surface area contributed by atoms with E-state index in [-0.39, 0.29) is 5.82 Å². The van der Waals surface area contributed by atoms with Crippen LogP contribution in [-0.2, 0) is 13.1 Å². The quantitative estimate of drug-likeness (QED) is 0.947. The van der Waals surface area contributed by atoms with Gasteiger partial charge in [0.25, 0.3) is 0 Å². The molecule has 2 rings (SSSR count). The first-order valence-corrected chi connectivity index (χ1v) is 6.48. The van der Waals surface area contributed by atoms with Crippen LogP contribution >= 0.6 is 15.9 Å². The van der Waals surface area contributed by atoms with E-state index >= 15 is 0 Å². The van der Waals surface area contributed by atoms with Crippen molar-refractivity contribution in [3.05, 3.63) is 51.0 Å². The predicted molar refractivity (Wildman–Crippen MR) is 72.8 cm³/mol. The van der Waals surface area contributed by atoms with Gasteiger partial charge in [-0.2, -0.15) is 5.10 Å². The second kappa shape index (κ2) is 5.20. The molecule has 18 heavy (non-hydrogen) atoms. The summed E-state index contributed by atoms with van der Waals surface area (Å²) in [5.41, 5.74) is 9.59. The normalized spacial score (nSPS) is 10.9. The first-order chi connectivity index (χ1) is 8.51. The van der Waals surface area contributed by atoms with Crippen molar-refractivity contribution in [1.82, 2.24) is 9.78 Å². The van der Waals surface area contributed by atoms with Crippen LogP contribution in [0.3, 0.4) is 0 Å². The summed E-state index contributed by atoms with van der Waals surface area (Å²) >= 11 is 3.29. The lowest BCUT2D eigenvalue weighted by atomic mass is 10.2. The zero-order chi connectivity index (χ0) is 13.3. The van der Waals surface area contributed by atoms with Crippen LogP contribution in [0.4, 0.5) is 4.39 Å². The minimum atomic E-state index is -0.250. The fraction of sp³-hybridized carbons (Fsp3) is 0.308. The molecular formula is C13H15BrFN3. The topological polar surface area (TPSA) is 43.8 Å². The fourth-order valence-electron chi connectivity index (χ4n) is 2.06. The Bertz CT molecular complexity index is 558. The molecule has 1 heterocycles. The molecule has 1 aromatic heterocycles. The van der Waals surface area contributed by atoms with Gasteiger partial charge in [-0.15, -0.1) is 0 Å². The van der Waals surface area contributed by atoms with E-state index in [0.29, 0.717) is 13.1 Å². The average Bonchev–Trinajstić information content (AvgIpc) is 2.52. The lowest BCUT2D eigenvalue weighted by Crippen LogP contribution is -2.05. The van der Waals surface area contributed by atoms with Crippen LogP contribution in [0.5, 0.6) is 0 Å². The van der Waals surface area contributed by atoms with Crippen molar-refractivity contribution in [2.45, 2.75) is 26.9 Å². The molecule has 0 aliphatic heterocycles. The van der Waals surface area contributed by atoms with Gasteiger partial charge in [0, 0.05) is 22.3 Å². The molecule has 0 saturated carbocycles. The second-order valence-electron chi connectivity index (χ2n) is 4.29. The summed E-state index contributed by atoms with van der Waals surface area (Å²) in [6.07, 6.45) is 0. The zero-order valence-corrected chi connectivity index (χ0v) is 12.0. The summed E-state index contributed by atoms with van der Waals surface area (Å²) in [6, 6.07) is 4.85. The van der Waals surface area contributed by atoms with Gasteiger partial charge in [-0.25, -0.2) is 4.39 Å². The van der Waals surface area contributed by atoms with E-state index in [1.807, 2.05) is 24.6 Å². The summed E-state index contributed by atoms with van der Waals surface area (Å²) in [5, 5.41) is 4.43. The third-order valence-electron chi connectivity index (χ3n) is 2.99. The van der Waals surface area contributed by atoms with Crippen molar-refractivity contribution >= 4 is 15.9 Å². The second-order valence-corrected chi connectivity index (χ2v) is 5.20. The highest BCUT2D eigenvalue weighted by molar-refractivity contribution is 9.10. The van der Waals surface area contributed by atoms with Gasteiger partial charge in [-0.1, -0.05) is 15.9 Å². The van der Waals surface area contributed by atoms with Crippen LogP contribution in [-0.4, -0.2) is 9.78 Å². The Labute approximate surface area is 114 Å². The van der Waals surface area contributed by atoms with Gasteiger partial charge in [0.2, 0.25) is 0 Å². The Morgan fingerprint density at radius 3 is 2.61 bits per heavy atom. The van der Waals surface area contributed by atoms with Gasteiger partial charge in [-0.05, 0) is 37.6 Å². The third kappa shape index (κ3) is 2.62. The molecular weight excluding hydrogens is 297 g/mol. The number of hydrogen-bond acceptors (Lipinski definition) is 2. The molecule has 0 fully saturated rings. The summed E-state index contributed by atoms with van der Waals surface area (Å²) in [4.78, 5) is 0. The molecule has 0 spiro atoms. The predicted octanol–water partition coefficient (Wildman–Crippen LogP) is 2.91. The zero-order valence-electron chi connectivity index (χ0n) is 10.4. The standard InChI is InChI=1S/C13H15BrFN3/c1-8-13(6-16)9(2)18(17-8)7-10-3-11(14)5-12(15)4-10/h3-5H,6-7,16H2,1-2H3. The van der Waals surface area contributed by atoms with Gasteiger partial charge in [0.1, 0.15) is 5.82 Å². The summed E-state index contributed by atoms with van der Waals surface area (Å²) < 4.78 is 15.9. The molecule has 3 nitrogen and oxygen atoms in total. The number of aromatic nitrogens is 2.